The van der Waals surface area contributed by atoms with Crippen LogP contribution in [0.1, 0.15) is 13.3 Å². The molecule has 1 fully saturated rings. The van der Waals surface area contributed by atoms with Crippen LogP contribution in [0.15, 0.2) is 0 Å². The summed E-state index contributed by atoms with van der Waals surface area (Å²) in [4.78, 5) is 24.6. The summed E-state index contributed by atoms with van der Waals surface area (Å²) in [6.45, 7) is 0.363. The normalized spacial score (nSPS) is 23.5. The van der Waals surface area contributed by atoms with Gasteiger partial charge in [-0.3, -0.25) is 4.90 Å². The molecule has 1 aliphatic heterocycles. The fraction of sp³-hybridized carbons (Fsp3) is 0.800. The number of thioether (sulfide) groups is 1. The molecule has 2 atom stereocenters. The molecule has 0 spiro atoms. The number of rotatable bonds is 3. The summed E-state index contributed by atoms with van der Waals surface area (Å²) >= 11 is 1.27. The van der Waals surface area contributed by atoms with Gasteiger partial charge in [0.2, 0.25) is 0 Å². The van der Waals surface area contributed by atoms with Crippen molar-refractivity contribution in [2.75, 3.05) is 19.3 Å². The lowest BCUT2D eigenvalue weighted by Crippen LogP contribution is -2.52. The van der Waals surface area contributed by atoms with E-state index in [0.29, 0.717) is 11.3 Å². The first-order chi connectivity index (χ1) is 8.67. The molecule has 1 aliphatic rings. The monoisotopic (exact) mass is 300 g/mol. The van der Waals surface area contributed by atoms with Crippen molar-refractivity contribution >= 4 is 23.8 Å². The molecule has 0 aliphatic carbocycles. The maximum Gasteiger partial charge on any atom is 0.406 e. The lowest BCUT2D eigenvalue weighted by Gasteiger charge is -2.31. The molecule has 0 bridgehead atoms. The first-order valence-corrected chi connectivity index (χ1v) is 6.66. The zero-order valence-corrected chi connectivity index (χ0v) is 11.3. The molecule has 1 saturated heterocycles. The Kier molecular flexibility index (Phi) is 4.94. The molecular formula is C10H15F3N2O3S. The van der Waals surface area contributed by atoms with Crippen molar-refractivity contribution in [3.05, 3.63) is 0 Å². The summed E-state index contributed by atoms with van der Waals surface area (Å²) in [6.07, 6.45) is -4.02. The van der Waals surface area contributed by atoms with Gasteiger partial charge in [0, 0.05) is 12.8 Å². The SMILES string of the molecule is CCC1SCC(C(=O)O)N1C(=O)N(C)CC(F)(F)F. The molecule has 0 saturated carbocycles. The van der Waals surface area contributed by atoms with Crippen LogP contribution in [-0.2, 0) is 4.79 Å². The number of halogens is 3. The first kappa shape index (κ1) is 15.9. The molecule has 2 unspecified atom stereocenters. The second kappa shape index (κ2) is 5.89. The highest BCUT2D eigenvalue weighted by Gasteiger charge is 2.43. The minimum Gasteiger partial charge on any atom is -0.480 e. The average Bonchev–Trinajstić information content (AvgIpc) is 2.68. The molecule has 19 heavy (non-hydrogen) atoms. The van der Waals surface area contributed by atoms with Gasteiger partial charge in [-0.25, -0.2) is 9.59 Å². The van der Waals surface area contributed by atoms with Gasteiger partial charge in [-0.2, -0.15) is 13.2 Å². The fourth-order valence-corrected chi connectivity index (χ4v) is 3.20. The fourth-order valence-electron chi connectivity index (χ4n) is 1.86. The van der Waals surface area contributed by atoms with Crippen LogP contribution < -0.4 is 0 Å². The summed E-state index contributed by atoms with van der Waals surface area (Å²) in [5.41, 5.74) is 0. The molecule has 0 aromatic heterocycles. The molecule has 9 heteroatoms. The third-order valence-corrected chi connectivity index (χ3v) is 4.14. The van der Waals surface area contributed by atoms with Crippen LogP contribution in [0.2, 0.25) is 0 Å². The van der Waals surface area contributed by atoms with Crippen molar-refractivity contribution in [2.45, 2.75) is 30.9 Å². The van der Waals surface area contributed by atoms with Crippen LogP contribution >= 0.6 is 11.8 Å². The van der Waals surface area contributed by atoms with Gasteiger partial charge in [0.25, 0.3) is 0 Å². The second-order valence-corrected chi connectivity index (χ2v) is 5.42. The smallest absolute Gasteiger partial charge is 0.406 e. The number of urea groups is 1. The van der Waals surface area contributed by atoms with Crippen LogP contribution in [0, 0.1) is 0 Å². The van der Waals surface area contributed by atoms with E-state index in [1.807, 2.05) is 0 Å². The van der Waals surface area contributed by atoms with Crippen LogP contribution in [0.25, 0.3) is 0 Å². The number of carboxylic acid groups (broad SMARTS) is 1. The number of amides is 2. The standard InChI is InChI=1S/C10H15F3N2O3S/c1-3-7-15(6(4-19-7)8(16)17)9(18)14(2)5-10(11,12)13/h6-7H,3-5H2,1-2H3,(H,16,17). The number of hydrogen-bond donors (Lipinski definition) is 1. The molecule has 1 heterocycles. The van der Waals surface area contributed by atoms with Gasteiger partial charge >= 0.3 is 18.2 Å². The minimum atomic E-state index is -4.50. The Morgan fingerprint density at radius 3 is 2.47 bits per heavy atom. The quantitative estimate of drug-likeness (QED) is 0.864. The van der Waals surface area contributed by atoms with Gasteiger partial charge < -0.3 is 10.0 Å². The summed E-state index contributed by atoms with van der Waals surface area (Å²) in [5, 5.41) is 8.61. The van der Waals surface area contributed by atoms with Crippen LogP contribution in [0.4, 0.5) is 18.0 Å². The number of carbonyl (C=O) groups is 2. The van der Waals surface area contributed by atoms with Crippen molar-refractivity contribution in [2.24, 2.45) is 0 Å². The predicted molar refractivity (Wildman–Crippen MR) is 63.9 cm³/mol. The maximum atomic E-state index is 12.3. The summed E-state index contributed by atoms with van der Waals surface area (Å²) < 4.78 is 36.8. The molecule has 5 nitrogen and oxygen atoms in total. The Morgan fingerprint density at radius 1 is 1.47 bits per heavy atom. The highest BCUT2D eigenvalue weighted by Crippen LogP contribution is 2.32. The van der Waals surface area contributed by atoms with Crippen molar-refractivity contribution < 1.29 is 27.9 Å². The maximum absolute atomic E-state index is 12.3. The second-order valence-electron chi connectivity index (χ2n) is 4.21. The molecule has 2 amide bonds. The topological polar surface area (TPSA) is 60.9 Å². The van der Waals surface area contributed by atoms with Crippen molar-refractivity contribution in [1.82, 2.24) is 9.80 Å². The number of carboxylic acids is 1. The first-order valence-electron chi connectivity index (χ1n) is 5.62. The van der Waals surface area contributed by atoms with E-state index in [0.717, 1.165) is 11.9 Å². The van der Waals surface area contributed by atoms with E-state index in [2.05, 4.69) is 0 Å². The number of alkyl halides is 3. The third-order valence-electron chi connectivity index (χ3n) is 2.69. The minimum absolute atomic E-state index is 0.194. The van der Waals surface area contributed by atoms with Gasteiger partial charge in [0.1, 0.15) is 12.6 Å². The van der Waals surface area contributed by atoms with Gasteiger partial charge in [0.15, 0.2) is 0 Å². The molecule has 1 N–H and O–H groups in total. The van der Waals surface area contributed by atoms with E-state index >= 15 is 0 Å². The van der Waals surface area contributed by atoms with Crippen molar-refractivity contribution in [3.63, 3.8) is 0 Å². The Balaban J connectivity index is 2.84. The summed E-state index contributed by atoms with van der Waals surface area (Å²) in [6, 6.07) is -1.97. The van der Waals surface area contributed by atoms with Crippen LogP contribution in [-0.4, -0.2) is 63.8 Å². The van der Waals surface area contributed by atoms with Gasteiger partial charge in [0.05, 0.1) is 5.37 Å². The van der Waals surface area contributed by atoms with Gasteiger partial charge in [-0.1, -0.05) is 6.92 Å². The van der Waals surface area contributed by atoms with E-state index in [-0.39, 0.29) is 5.75 Å². The molecule has 0 aromatic rings. The Hall–Kier alpha value is -1.12. The van der Waals surface area contributed by atoms with Crippen LogP contribution in [0.3, 0.4) is 0 Å². The summed E-state index contributed by atoms with van der Waals surface area (Å²) in [5.74, 6) is -1.00. The van der Waals surface area contributed by atoms with E-state index in [4.69, 9.17) is 5.11 Å². The molecule has 110 valence electrons. The van der Waals surface area contributed by atoms with E-state index in [1.54, 1.807) is 6.92 Å². The molecule has 0 aromatic carbocycles. The van der Waals surface area contributed by atoms with Crippen LogP contribution in [0.5, 0.6) is 0 Å². The largest absolute Gasteiger partial charge is 0.480 e. The van der Waals surface area contributed by atoms with Crippen molar-refractivity contribution in [3.8, 4) is 0 Å². The molecular weight excluding hydrogens is 285 g/mol. The predicted octanol–water partition coefficient (Wildman–Crippen LogP) is 1.84. The number of hydrogen-bond acceptors (Lipinski definition) is 3. The van der Waals surface area contributed by atoms with Crippen molar-refractivity contribution in [1.29, 1.82) is 0 Å². The number of aliphatic carboxylic acids is 1. The van der Waals surface area contributed by atoms with Gasteiger partial charge in [-0.05, 0) is 6.42 Å². The van der Waals surface area contributed by atoms with E-state index in [1.165, 1.54) is 11.8 Å². The average molecular weight is 300 g/mol. The van der Waals surface area contributed by atoms with E-state index < -0.39 is 36.1 Å². The number of carbonyl (C=O) groups excluding carboxylic acids is 1. The zero-order chi connectivity index (χ0) is 14.8. The Bertz CT molecular complexity index is 364. The highest BCUT2D eigenvalue weighted by molar-refractivity contribution is 8.00. The Morgan fingerprint density at radius 2 is 2.05 bits per heavy atom. The van der Waals surface area contributed by atoms with E-state index in [9.17, 15) is 22.8 Å². The molecule has 0 radical (unpaired) electrons. The lowest BCUT2D eigenvalue weighted by molar-refractivity contribution is -0.143. The summed E-state index contributed by atoms with van der Waals surface area (Å²) in [7, 11) is 1.02. The lowest BCUT2D eigenvalue weighted by atomic mass is 10.2. The Labute approximate surface area is 112 Å². The zero-order valence-electron chi connectivity index (χ0n) is 10.5. The highest BCUT2D eigenvalue weighted by atomic mass is 32.2. The third kappa shape index (κ3) is 3.92. The number of nitrogens with zero attached hydrogens (tertiary/aromatic N) is 2. The van der Waals surface area contributed by atoms with Gasteiger partial charge in [-0.15, -0.1) is 11.8 Å². The molecule has 1 rings (SSSR count).